The molecular weight excluding hydrogens is 164 g/mol. The lowest BCUT2D eigenvalue weighted by Crippen LogP contribution is -2.06. The van der Waals surface area contributed by atoms with Crippen LogP contribution in [0.1, 0.15) is 40.5 Å². The van der Waals surface area contributed by atoms with E-state index < -0.39 is 0 Å². The normalized spacial score (nSPS) is 13.6. The van der Waals surface area contributed by atoms with Crippen LogP contribution in [-0.4, -0.2) is 5.84 Å². The Bertz CT molecular complexity index is 191. The number of hydrogen-bond acceptors (Lipinski definition) is 2. The van der Waals surface area contributed by atoms with Gasteiger partial charge >= 0.3 is 0 Å². The maximum absolute atomic E-state index is 5.35. The highest BCUT2D eigenvalue weighted by Crippen LogP contribution is 2.12. The van der Waals surface area contributed by atoms with Gasteiger partial charge in [-0.25, -0.2) is 0 Å². The third-order valence-corrected chi connectivity index (χ3v) is 1.60. The molecule has 0 aliphatic heterocycles. The molecule has 0 atom stereocenters. The summed E-state index contributed by atoms with van der Waals surface area (Å²) in [5.74, 6) is 2.02. The van der Waals surface area contributed by atoms with E-state index in [9.17, 15) is 0 Å². The van der Waals surface area contributed by atoms with Crippen LogP contribution in [0.25, 0.3) is 0 Å². The molecule has 0 spiro atoms. The molecule has 0 saturated heterocycles. The summed E-state index contributed by atoms with van der Waals surface area (Å²) < 4.78 is 0. The van der Waals surface area contributed by atoms with E-state index in [0.29, 0.717) is 11.8 Å². The van der Waals surface area contributed by atoms with Crippen LogP contribution < -0.4 is 5.73 Å². The van der Waals surface area contributed by atoms with E-state index in [2.05, 4.69) is 19.0 Å². The van der Waals surface area contributed by atoms with Crippen molar-refractivity contribution < 1.29 is 4.84 Å². The number of nitrogens with zero attached hydrogens (tertiary/aromatic N) is 1. The highest BCUT2D eigenvalue weighted by atomic mass is 16.6. The van der Waals surface area contributed by atoms with Gasteiger partial charge in [0.15, 0.2) is 0 Å². The Hall–Kier alpha value is -0.990. The highest BCUT2D eigenvalue weighted by Gasteiger charge is 2.00. The van der Waals surface area contributed by atoms with Gasteiger partial charge in [-0.1, -0.05) is 19.0 Å². The maximum Gasteiger partial charge on any atom is 0.136 e. The van der Waals surface area contributed by atoms with E-state index in [0.717, 1.165) is 18.6 Å². The molecule has 0 aromatic heterocycles. The van der Waals surface area contributed by atoms with Crippen LogP contribution in [0.2, 0.25) is 0 Å². The van der Waals surface area contributed by atoms with Gasteiger partial charge in [0.05, 0.1) is 0 Å². The molecule has 0 radical (unpaired) electrons. The van der Waals surface area contributed by atoms with E-state index in [1.54, 1.807) is 6.92 Å². The molecule has 0 amide bonds. The minimum atomic E-state index is 0.448. The first kappa shape index (κ1) is 12.0. The molecule has 0 unspecified atom stereocenters. The Kier molecular flexibility index (Phi) is 6.02. The topological polar surface area (TPSA) is 47.6 Å². The minimum Gasteiger partial charge on any atom is -0.385 e. The van der Waals surface area contributed by atoms with Gasteiger partial charge in [0, 0.05) is 6.42 Å². The predicted molar refractivity (Wildman–Crippen MR) is 56.2 cm³/mol. The molecule has 0 aliphatic carbocycles. The standard InChI is InChI=1S/C10H20N2O/c1-5-10(7-6-8(2)3)13-12-9(4)11/h5,8H,6-7H2,1-4H3,(H2,11,12)/b10-5-. The number of nitrogens with two attached hydrogens (primary N) is 1. The Morgan fingerprint density at radius 3 is 2.54 bits per heavy atom. The van der Waals surface area contributed by atoms with Crippen LogP contribution in [0.3, 0.4) is 0 Å². The fourth-order valence-electron chi connectivity index (χ4n) is 0.804. The second kappa shape index (κ2) is 6.52. The predicted octanol–water partition coefficient (Wildman–Crippen LogP) is 2.64. The summed E-state index contributed by atoms with van der Waals surface area (Å²) in [4.78, 5) is 5.13. The first-order chi connectivity index (χ1) is 6.06. The van der Waals surface area contributed by atoms with Crippen LogP contribution >= 0.6 is 0 Å². The molecule has 13 heavy (non-hydrogen) atoms. The van der Waals surface area contributed by atoms with E-state index in [1.165, 1.54) is 0 Å². The minimum absolute atomic E-state index is 0.448. The van der Waals surface area contributed by atoms with E-state index in [1.807, 2.05) is 13.0 Å². The van der Waals surface area contributed by atoms with Gasteiger partial charge in [-0.15, -0.1) is 0 Å². The number of allylic oxidation sites excluding steroid dienone is 2. The zero-order valence-corrected chi connectivity index (χ0v) is 9.00. The largest absolute Gasteiger partial charge is 0.385 e. The van der Waals surface area contributed by atoms with Crippen molar-refractivity contribution >= 4 is 5.84 Å². The maximum atomic E-state index is 5.35. The molecule has 0 rings (SSSR count). The van der Waals surface area contributed by atoms with Gasteiger partial charge in [-0.3, -0.25) is 0 Å². The number of oxime groups is 1. The number of hydrogen-bond donors (Lipinski definition) is 1. The zero-order valence-electron chi connectivity index (χ0n) is 9.00. The van der Waals surface area contributed by atoms with Gasteiger partial charge in [0.2, 0.25) is 0 Å². The van der Waals surface area contributed by atoms with Crippen molar-refractivity contribution in [3.8, 4) is 0 Å². The fourth-order valence-corrected chi connectivity index (χ4v) is 0.804. The van der Waals surface area contributed by atoms with Gasteiger partial charge in [-0.2, -0.15) is 0 Å². The quantitative estimate of drug-likeness (QED) is 0.309. The van der Waals surface area contributed by atoms with Crippen molar-refractivity contribution in [2.24, 2.45) is 16.8 Å². The third-order valence-electron chi connectivity index (χ3n) is 1.60. The van der Waals surface area contributed by atoms with Crippen molar-refractivity contribution in [2.45, 2.75) is 40.5 Å². The van der Waals surface area contributed by atoms with Gasteiger partial charge in [-0.05, 0) is 32.3 Å². The Balaban J connectivity index is 3.85. The summed E-state index contributed by atoms with van der Waals surface area (Å²) in [6, 6.07) is 0. The summed E-state index contributed by atoms with van der Waals surface area (Å²) in [5.41, 5.74) is 5.35. The smallest absolute Gasteiger partial charge is 0.136 e. The highest BCUT2D eigenvalue weighted by molar-refractivity contribution is 5.76. The lowest BCUT2D eigenvalue weighted by Gasteiger charge is -2.06. The van der Waals surface area contributed by atoms with Crippen molar-refractivity contribution in [1.82, 2.24) is 0 Å². The van der Waals surface area contributed by atoms with Gasteiger partial charge in [0.25, 0.3) is 0 Å². The van der Waals surface area contributed by atoms with E-state index in [4.69, 9.17) is 10.6 Å². The summed E-state index contributed by atoms with van der Waals surface area (Å²) in [7, 11) is 0. The lowest BCUT2D eigenvalue weighted by molar-refractivity contribution is 0.210. The lowest BCUT2D eigenvalue weighted by atomic mass is 10.1. The third kappa shape index (κ3) is 7.37. The fraction of sp³-hybridized carbons (Fsp3) is 0.700. The first-order valence-electron chi connectivity index (χ1n) is 4.68. The van der Waals surface area contributed by atoms with Gasteiger partial charge < -0.3 is 10.6 Å². The van der Waals surface area contributed by atoms with Crippen molar-refractivity contribution in [3.63, 3.8) is 0 Å². The Morgan fingerprint density at radius 2 is 2.15 bits per heavy atom. The molecule has 3 nitrogen and oxygen atoms in total. The first-order valence-corrected chi connectivity index (χ1v) is 4.68. The SMILES string of the molecule is C/C=C(/CCC(C)C)O/N=C(/C)N. The van der Waals surface area contributed by atoms with Crippen LogP contribution in [0.5, 0.6) is 0 Å². The molecule has 0 aromatic carbocycles. The molecule has 0 bridgehead atoms. The average Bonchev–Trinajstić information content (AvgIpc) is 2.04. The van der Waals surface area contributed by atoms with Crippen molar-refractivity contribution in [2.75, 3.05) is 0 Å². The Labute approximate surface area is 80.6 Å². The average molecular weight is 184 g/mol. The monoisotopic (exact) mass is 184 g/mol. The van der Waals surface area contributed by atoms with Crippen molar-refractivity contribution in [3.05, 3.63) is 11.8 Å². The summed E-state index contributed by atoms with van der Waals surface area (Å²) in [5, 5.41) is 3.70. The van der Waals surface area contributed by atoms with Crippen LogP contribution in [0.4, 0.5) is 0 Å². The molecule has 2 N–H and O–H groups in total. The molecule has 0 saturated carbocycles. The number of amidine groups is 1. The summed E-state index contributed by atoms with van der Waals surface area (Å²) in [6.07, 6.45) is 3.96. The molecule has 0 aliphatic rings. The van der Waals surface area contributed by atoms with Crippen LogP contribution in [0.15, 0.2) is 17.0 Å². The van der Waals surface area contributed by atoms with E-state index in [-0.39, 0.29) is 0 Å². The summed E-state index contributed by atoms with van der Waals surface area (Å²) in [6.45, 7) is 8.02. The Morgan fingerprint density at radius 1 is 1.54 bits per heavy atom. The molecule has 3 heteroatoms. The van der Waals surface area contributed by atoms with E-state index >= 15 is 0 Å². The molecule has 0 fully saturated rings. The molecule has 76 valence electrons. The molecule has 0 aromatic rings. The number of rotatable bonds is 5. The molecular formula is C10H20N2O. The van der Waals surface area contributed by atoms with Crippen LogP contribution in [0, 0.1) is 5.92 Å². The van der Waals surface area contributed by atoms with Gasteiger partial charge in [0.1, 0.15) is 11.6 Å². The second-order valence-corrected chi connectivity index (χ2v) is 3.51. The summed E-state index contributed by atoms with van der Waals surface area (Å²) >= 11 is 0. The van der Waals surface area contributed by atoms with Crippen LogP contribution in [-0.2, 0) is 4.84 Å². The second-order valence-electron chi connectivity index (χ2n) is 3.51. The zero-order chi connectivity index (χ0) is 10.3. The van der Waals surface area contributed by atoms with Crippen molar-refractivity contribution in [1.29, 1.82) is 0 Å². The molecule has 0 heterocycles.